The van der Waals surface area contributed by atoms with Gasteiger partial charge >= 0.3 is 6.18 Å². The Labute approximate surface area is 121 Å². The normalized spacial score (nSPS) is 12.1. The molecule has 1 aromatic carbocycles. The van der Waals surface area contributed by atoms with E-state index in [4.69, 9.17) is 0 Å². The van der Waals surface area contributed by atoms with Crippen LogP contribution in [0.3, 0.4) is 0 Å². The first kappa shape index (κ1) is 15.6. The van der Waals surface area contributed by atoms with E-state index in [-0.39, 0.29) is 18.2 Å². The number of benzene rings is 1. The number of nitrogens with one attached hydrogen (secondary N) is 1. The van der Waals surface area contributed by atoms with E-state index in [0.717, 1.165) is 11.8 Å². The molecular formula is C15H18F3N3. The molecule has 0 amide bonds. The molecule has 114 valence electrons. The second-order valence-electron chi connectivity index (χ2n) is 5.14. The molecule has 0 aliphatic carbocycles. The number of hydrogen-bond acceptors (Lipinski definition) is 2. The highest BCUT2D eigenvalue weighted by Crippen LogP contribution is 2.31. The molecule has 2 rings (SSSR count). The highest BCUT2D eigenvalue weighted by atomic mass is 19.4. The smallest absolute Gasteiger partial charge is 0.331 e. The van der Waals surface area contributed by atoms with Crippen LogP contribution in [0.1, 0.15) is 36.7 Å². The van der Waals surface area contributed by atoms with Gasteiger partial charge in [0.05, 0.1) is 17.6 Å². The van der Waals surface area contributed by atoms with Gasteiger partial charge in [0.25, 0.3) is 0 Å². The van der Waals surface area contributed by atoms with E-state index in [1.165, 1.54) is 12.1 Å². The maximum absolute atomic E-state index is 12.9. The van der Waals surface area contributed by atoms with Gasteiger partial charge in [-0.05, 0) is 25.5 Å². The fraction of sp³-hybridized carbons (Fsp3) is 0.400. The largest absolute Gasteiger partial charge is 0.416 e. The lowest BCUT2D eigenvalue weighted by Crippen LogP contribution is -2.19. The molecule has 0 fully saturated rings. The minimum absolute atomic E-state index is 0.166. The lowest BCUT2D eigenvalue weighted by atomic mass is 10.1. The van der Waals surface area contributed by atoms with Crippen molar-refractivity contribution >= 4 is 0 Å². The summed E-state index contributed by atoms with van der Waals surface area (Å²) < 4.78 is 40.6. The maximum atomic E-state index is 12.9. The van der Waals surface area contributed by atoms with Crippen molar-refractivity contribution in [1.82, 2.24) is 14.9 Å². The third-order valence-corrected chi connectivity index (χ3v) is 3.25. The molecule has 0 saturated heterocycles. The standard InChI is InChI=1S/C15H18F3N3/c1-11(2)21-10-20-9-13(21)8-19-7-12-5-3-4-6-14(12)15(16,17)18/h3-6,9-11,19H,7-8H2,1-2H3. The fourth-order valence-corrected chi connectivity index (χ4v) is 2.21. The van der Waals surface area contributed by atoms with Crippen LogP contribution < -0.4 is 5.32 Å². The molecule has 0 radical (unpaired) electrons. The van der Waals surface area contributed by atoms with Crippen LogP contribution in [-0.2, 0) is 19.3 Å². The first-order valence-corrected chi connectivity index (χ1v) is 6.76. The summed E-state index contributed by atoms with van der Waals surface area (Å²) >= 11 is 0. The highest BCUT2D eigenvalue weighted by Gasteiger charge is 2.32. The Morgan fingerprint density at radius 2 is 1.90 bits per heavy atom. The number of aromatic nitrogens is 2. The van der Waals surface area contributed by atoms with Gasteiger partial charge in [-0.1, -0.05) is 18.2 Å². The van der Waals surface area contributed by atoms with Crippen LogP contribution in [0, 0.1) is 0 Å². The summed E-state index contributed by atoms with van der Waals surface area (Å²) in [6.45, 7) is 4.71. The topological polar surface area (TPSA) is 29.9 Å². The molecule has 1 heterocycles. The molecule has 0 atom stereocenters. The highest BCUT2D eigenvalue weighted by molar-refractivity contribution is 5.29. The Kier molecular flexibility index (Phi) is 4.67. The summed E-state index contributed by atoms with van der Waals surface area (Å²) in [7, 11) is 0. The van der Waals surface area contributed by atoms with Crippen molar-refractivity contribution in [3.63, 3.8) is 0 Å². The van der Waals surface area contributed by atoms with Crippen molar-refractivity contribution < 1.29 is 13.2 Å². The average Bonchev–Trinajstić information content (AvgIpc) is 2.87. The third-order valence-electron chi connectivity index (χ3n) is 3.25. The lowest BCUT2D eigenvalue weighted by molar-refractivity contribution is -0.138. The average molecular weight is 297 g/mol. The summed E-state index contributed by atoms with van der Waals surface area (Å²) in [5.41, 5.74) is 0.616. The summed E-state index contributed by atoms with van der Waals surface area (Å²) in [4.78, 5) is 4.07. The van der Waals surface area contributed by atoms with Crippen LogP contribution in [0.5, 0.6) is 0 Å². The quantitative estimate of drug-likeness (QED) is 0.910. The molecule has 0 saturated carbocycles. The van der Waals surface area contributed by atoms with Crippen molar-refractivity contribution in [2.45, 2.75) is 39.2 Å². The Morgan fingerprint density at radius 1 is 1.19 bits per heavy atom. The number of hydrogen-bond donors (Lipinski definition) is 1. The van der Waals surface area contributed by atoms with Gasteiger partial charge in [0.15, 0.2) is 0 Å². The van der Waals surface area contributed by atoms with Gasteiger partial charge in [-0.2, -0.15) is 13.2 Å². The van der Waals surface area contributed by atoms with Crippen molar-refractivity contribution in [3.8, 4) is 0 Å². The zero-order valence-corrected chi connectivity index (χ0v) is 12.0. The number of halogens is 3. The second-order valence-corrected chi connectivity index (χ2v) is 5.14. The lowest BCUT2D eigenvalue weighted by Gasteiger charge is -2.15. The minimum atomic E-state index is -4.32. The predicted octanol–water partition coefficient (Wildman–Crippen LogP) is 3.77. The van der Waals surface area contributed by atoms with E-state index in [2.05, 4.69) is 10.3 Å². The van der Waals surface area contributed by atoms with E-state index < -0.39 is 11.7 Å². The number of alkyl halides is 3. The summed E-state index contributed by atoms with van der Waals surface area (Å²) in [5.74, 6) is 0. The monoisotopic (exact) mass is 297 g/mol. The van der Waals surface area contributed by atoms with Gasteiger partial charge < -0.3 is 9.88 Å². The zero-order valence-electron chi connectivity index (χ0n) is 12.0. The van der Waals surface area contributed by atoms with Gasteiger partial charge in [0.1, 0.15) is 0 Å². The Bertz CT molecular complexity index is 588. The zero-order chi connectivity index (χ0) is 15.5. The van der Waals surface area contributed by atoms with Gasteiger partial charge in [-0.15, -0.1) is 0 Å². The van der Waals surface area contributed by atoms with E-state index in [1.807, 2.05) is 18.4 Å². The molecule has 21 heavy (non-hydrogen) atoms. The van der Waals surface area contributed by atoms with Crippen LogP contribution in [0.2, 0.25) is 0 Å². The van der Waals surface area contributed by atoms with Crippen LogP contribution in [-0.4, -0.2) is 9.55 Å². The van der Waals surface area contributed by atoms with Gasteiger partial charge in [0.2, 0.25) is 0 Å². The Balaban J connectivity index is 2.03. The van der Waals surface area contributed by atoms with Crippen molar-refractivity contribution in [2.75, 3.05) is 0 Å². The van der Waals surface area contributed by atoms with Crippen LogP contribution in [0.4, 0.5) is 13.2 Å². The minimum Gasteiger partial charge on any atom is -0.331 e. The molecule has 0 spiro atoms. The van der Waals surface area contributed by atoms with Gasteiger partial charge in [-0.3, -0.25) is 0 Å². The van der Waals surface area contributed by atoms with E-state index >= 15 is 0 Å². The number of imidazole rings is 1. The molecule has 0 aliphatic heterocycles. The summed E-state index contributed by atoms with van der Waals surface area (Å²) in [6, 6.07) is 5.89. The third kappa shape index (κ3) is 3.85. The molecular weight excluding hydrogens is 279 g/mol. The molecule has 0 unspecified atom stereocenters. The molecule has 0 aliphatic rings. The predicted molar refractivity (Wildman–Crippen MR) is 74.6 cm³/mol. The van der Waals surface area contributed by atoms with Crippen molar-refractivity contribution in [1.29, 1.82) is 0 Å². The van der Waals surface area contributed by atoms with Gasteiger partial charge in [-0.25, -0.2) is 4.98 Å². The van der Waals surface area contributed by atoms with E-state index in [0.29, 0.717) is 6.54 Å². The molecule has 1 aromatic heterocycles. The first-order valence-electron chi connectivity index (χ1n) is 6.76. The van der Waals surface area contributed by atoms with Crippen molar-refractivity contribution in [3.05, 3.63) is 53.6 Å². The molecule has 6 heteroatoms. The first-order chi connectivity index (χ1) is 9.89. The maximum Gasteiger partial charge on any atom is 0.416 e. The second kappa shape index (κ2) is 6.30. The van der Waals surface area contributed by atoms with E-state index in [9.17, 15) is 13.2 Å². The van der Waals surface area contributed by atoms with Crippen LogP contribution in [0.25, 0.3) is 0 Å². The summed E-state index contributed by atoms with van der Waals surface area (Å²) in [5, 5.41) is 3.05. The number of nitrogens with zero attached hydrogens (tertiary/aromatic N) is 2. The van der Waals surface area contributed by atoms with Crippen LogP contribution in [0.15, 0.2) is 36.8 Å². The summed E-state index contributed by atoms with van der Waals surface area (Å²) in [6.07, 6.45) is -0.869. The molecule has 2 aromatic rings. The molecule has 3 nitrogen and oxygen atoms in total. The molecule has 0 bridgehead atoms. The Morgan fingerprint density at radius 3 is 2.57 bits per heavy atom. The Hall–Kier alpha value is -1.82. The molecule has 1 N–H and O–H groups in total. The van der Waals surface area contributed by atoms with Crippen LogP contribution >= 0.6 is 0 Å². The fourth-order valence-electron chi connectivity index (χ4n) is 2.21. The SMILES string of the molecule is CC(C)n1cncc1CNCc1ccccc1C(F)(F)F. The van der Waals surface area contributed by atoms with Crippen molar-refractivity contribution in [2.24, 2.45) is 0 Å². The van der Waals surface area contributed by atoms with E-state index in [1.54, 1.807) is 18.6 Å². The van der Waals surface area contributed by atoms with Gasteiger partial charge in [0, 0.05) is 25.3 Å². The number of rotatable bonds is 5.